The van der Waals surface area contributed by atoms with Crippen LogP contribution in [0.1, 0.15) is 55.9 Å². The van der Waals surface area contributed by atoms with E-state index in [9.17, 15) is 32.7 Å². The number of carboxylic acids is 1. The number of alkyl halides is 3. The number of benzene rings is 3. The Kier molecular flexibility index (Phi) is 10.2. The molecule has 3 aromatic carbocycles. The Labute approximate surface area is 266 Å². The molecule has 1 heterocycles. The van der Waals surface area contributed by atoms with Gasteiger partial charge in [0, 0.05) is 17.3 Å². The van der Waals surface area contributed by atoms with Crippen molar-refractivity contribution >= 4 is 17.6 Å². The SMILES string of the molecule is Cc1c(CC(C(=O)O)C(C)(C)C)cccc1NC(=O)C(c1ccc(Cn2nc(-c3ccccc3)ccc2=O)cc1)C(C)C(F)(F)F. The molecule has 0 spiro atoms. The normalized spacial score (nSPS) is 13.9. The Morgan fingerprint density at radius 3 is 2.15 bits per heavy atom. The lowest BCUT2D eigenvalue weighted by Gasteiger charge is -2.28. The molecule has 0 fully saturated rings. The van der Waals surface area contributed by atoms with Crippen LogP contribution in [0, 0.1) is 24.2 Å². The van der Waals surface area contributed by atoms with Crippen molar-refractivity contribution in [2.75, 3.05) is 5.32 Å². The smallest absolute Gasteiger partial charge is 0.392 e. The zero-order valence-corrected chi connectivity index (χ0v) is 26.4. The molecule has 2 N–H and O–H groups in total. The molecular formula is C36H38F3N3O4. The molecule has 0 saturated carbocycles. The number of halogens is 3. The fourth-order valence-corrected chi connectivity index (χ4v) is 5.42. The summed E-state index contributed by atoms with van der Waals surface area (Å²) < 4.78 is 43.5. The first-order valence-corrected chi connectivity index (χ1v) is 15.0. The second kappa shape index (κ2) is 13.7. The van der Waals surface area contributed by atoms with Gasteiger partial charge in [0.05, 0.1) is 30.0 Å². The van der Waals surface area contributed by atoms with E-state index >= 15 is 0 Å². The average Bonchev–Trinajstić information content (AvgIpc) is 2.98. The number of carbonyl (C=O) groups is 2. The topological polar surface area (TPSA) is 101 Å². The van der Waals surface area contributed by atoms with Crippen LogP contribution in [-0.4, -0.2) is 32.9 Å². The lowest BCUT2D eigenvalue weighted by molar-refractivity contribution is -0.178. The van der Waals surface area contributed by atoms with E-state index in [4.69, 9.17) is 0 Å². The molecule has 7 nitrogen and oxygen atoms in total. The van der Waals surface area contributed by atoms with Crippen molar-refractivity contribution in [3.05, 3.63) is 118 Å². The van der Waals surface area contributed by atoms with Crippen LogP contribution in [-0.2, 0) is 22.6 Å². The Morgan fingerprint density at radius 2 is 1.57 bits per heavy atom. The Hall–Kier alpha value is -4.73. The number of anilines is 1. The number of carbonyl (C=O) groups excluding carboxylic acids is 1. The van der Waals surface area contributed by atoms with E-state index in [1.54, 1.807) is 43.3 Å². The number of rotatable bonds is 10. The zero-order chi connectivity index (χ0) is 33.8. The summed E-state index contributed by atoms with van der Waals surface area (Å²) in [5.74, 6) is -6.07. The second-order valence-electron chi connectivity index (χ2n) is 12.7. The van der Waals surface area contributed by atoms with Crippen LogP contribution < -0.4 is 10.9 Å². The van der Waals surface area contributed by atoms with Crippen molar-refractivity contribution in [2.24, 2.45) is 17.3 Å². The van der Waals surface area contributed by atoms with Crippen LogP contribution in [0.2, 0.25) is 0 Å². The van der Waals surface area contributed by atoms with Gasteiger partial charge in [-0.25, -0.2) is 4.68 Å². The van der Waals surface area contributed by atoms with Gasteiger partial charge in [0.15, 0.2) is 0 Å². The summed E-state index contributed by atoms with van der Waals surface area (Å²) in [5.41, 5.74) is 2.95. The van der Waals surface area contributed by atoms with Crippen LogP contribution >= 0.6 is 0 Å². The van der Waals surface area contributed by atoms with Crippen LogP contribution in [0.5, 0.6) is 0 Å². The molecule has 46 heavy (non-hydrogen) atoms. The second-order valence-corrected chi connectivity index (χ2v) is 12.7. The molecule has 0 aliphatic carbocycles. The molecule has 1 amide bonds. The van der Waals surface area contributed by atoms with Crippen molar-refractivity contribution in [1.82, 2.24) is 9.78 Å². The quantitative estimate of drug-likeness (QED) is 0.189. The molecule has 3 atom stereocenters. The third kappa shape index (κ3) is 8.10. The molecule has 242 valence electrons. The number of aliphatic carboxylic acids is 1. The predicted molar refractivity (Wildman–Crippen MR) is 172 cm³/mol. The van der Waals surface area contributed by atoms with Gasteiger partial charge >= 0.3 is 12.1 Å². The number of hydrogen-bond acceptors (Lipinski definition) is 4. The molecule has 1 aromatic heterocycles. The highest BCUT2D eigenvalue weighted by Gasteiger charge is 2.45. The van der Waals surface area contributed by atoms with Gasteiger partial charge in [0.1, 0.15) is 0 Å². The van der Waals surface area contributed by atoms with E-state index in [2.05, 4.69) is 10.4 Å². The van der Waals surface area contributed by atoms with Gasteiger partial charge in [0.2, 0.25) is 5.91 Å². The summed E-state index contributed by atoms with van der Waals surface area (Å²) >= 11 is 0. The van der Waals surface area contributed by atoms with Crippen LogP contribution in [0.3, 0.4) is 0 Å². The molecule has 0 radical (unpaired) electrons. The lowest BCUT2D eigenvalue weighted by atomic mass is 9.76. The van der Waals surface area contributed by atoms with Gasteiger partial charge in [0.25, 0.3) is 5.56 Å². The number of carboxylic acid groups (broad SMARTS) is 1. The third-order valence-electron chi connectivity index (χ3n) is 8.38. The highest BCUT2D eigenvalue weighted by Crippen LogP contribution is 2.39. The van der Waals surface area contributed by atoms with Gasteiger partial charge in [-0.1, -0.05) is 94.4 Å². The highest BCUT2D eigenvalue weighted by atomic mass is 19.4. The summed E-state index contributed by atoms with van der Waals surface area (Å²) in [6.07, 6.45) is -4.46. The number of hydrogen-bond donors (Lipinski definition) is 2. The number of amides is 1. The van der Waals surface area contributed by atoms with Gasteiger partial charge in [-0.2, -0.15) is 18.3 Å². The van der Waals surface area contributed by atoms with Crippen LogP contribution in [0.25, 0.3) is 11.3 Å². The van der Waals surface area contributed by atoms with E-state index in [1.165, 1.54) is 22.9 Å². The maximum absolute atomic E-state index is 14.1. The Morgan fingerprint density at radius 1 is 0.913 bits per heavy atom. The van der Waals surface area contributed by atoms with E-state index in [1.807, 2.05) is 51.1 Å². The average molecular weight is 634 g/mol. The molecule has 10 heteroatoms. The fraction of sp³-hybridized carbons (Fsp3) is 0.333. The van der Waals surface area contributed by atoms with Crippen molar-refractivity contribution in [3.63, 3.8) is 0 Å². The van der Waals surface area contributed by atoms with E-state index in [0.717, 1.165) is 12.5 Å². The van der Waals surface area contributed by atoms with Crippen LogP contribution in [0.15, 0.2) is 89.7 Å². The number of aromatic nitrogens is 2. The summed E-state index contributed by atoms with van der Waals surface area (Å²) in [7, 11) is 0. The highest BCUT2D eigenvalue weighted by molar-refractivity contribution is 5.97. The van der Waals surface area contributed by atoms with Crippen molar-refractivity contribution < 1.29 is 27.9 Å². The largest absolute Gasteiger partial charge is 0.481 e. The monoisotopic (exact) mass is 633 g/mol. The molecule has 4 aromatic rings. The molecule has 0 aliphatic rings. The molecule has 4 rings (SSSR count). The van der Waals surface area contributed by atoms with Crippen molar-refractivity contribution in [2.45, 2.75) is 59.7 Å². The van der Waals surface area contributed by atoms with E-state index in [0.29, 0.717) is 28.1 Å². The first-order valence-electron chi connectivity index (χ1n) is 15.0. The molecule has 0 bridgehead atoms. The summed E-state index contributed by atoms with van der Waals surface area (Å²) in [6.45, 7) is 8.27. The minimum Gasteiger partial charge on any atom is -0.481 e. The predicted octanol–water partition coefficient (Wildman–Crippen LogP) is 7.48. The summed E-state index contributed by atoms with van der Waals surface area (Å²) in [5, 5.41) is 16.9. The minimum atomic E-state index is -4.66. The van der Waals surface area contributed by atoms with Gasteiger partial charge in [-0.15, -0.1) is 0 Å². The minimum absolute atomic E-state index is 0.0867. The van der Waals surface area contributed by atoms with Crippen molar-refractivity contribution in [3.8, 4) is 11.3 Å². The fourth-order valence-electron chi connectivity index (χ4n) is 5.42. The van der Waals surface area contributed by atoms with Crippen LogP contribution in [0.4, 0.5) is 18.9 Å². The van der Waals surface area contributed by atoms with Crippen molar-refractivity contribution in [1.29, 1.82) is 0 Å². The maximum Gasteiger partial charge on any atom is 0.392 e. The summed E-state index contributed by atoms with van der Waals surface area (Å²) in [4.78, 5) is 38.1. The Bertz CT molecular complexity index is 1740. The van der Waals surface area contributed by atoms with Gasteiger partial charge < -0.3 is 10.4 Å². The first-order chi connectivity index (χ1) is 21.6. The zero-order valence-electron chi connectivity index (χ0n) is 26.4. The lowest BCUT2D eigenvalue weighted by Crippen LogP contribution is -2.34. The number of nitrogens with zero attached hydrogens (tertiary/aromatic N) is 2. The van der Waals surface area contributed by atoms with Gasteiger partial charge in [-0.05, 0) is 53.1 Å². The first kappa shape index (κ1) is 34.1. The molecular weight excluding hydrogens is 595 g/mol. The molecule has 0 aliphatic heterocycles. The van der Waals surface area contributed by atoms with Gasteiger partial charge in [-0.3, -0.25) is 14.4 Å². The molecule has 0 saturated heterocycles. The maximum atomic E-state index is 14.1. The molecule has 3 unspecified atom stereocenters. The van der Waals surface area contributed by atoms with E-state index < -0.39 is 41.2 Å². The standard InChI is InChI=1S/C36H38F3N3O4/c1-22-27(20-28(34(45)46)35(3,4)5)12-9-13-29(22)40-33(44)32(23(2)36(37,38)39)26-16-14-24(15-17-26)21-42-31(43)19-18-30(41-42)25-10-7-6-8-11-25/h6-19,23,28,32H,20-21H2,1-5H3,(H,40,44)(H,45,46). The third-order valence-corrected chi connectivity index (χ3v) is 8.38. The Balaban J connectivity index is 1.60. The number of nitrogens with one attached hydrogen (secondary N) is 1. The van der Waals surface area contributed by atoms with E-state index in [-0.39, 0.29) is 24.1 Å². The summed E-state index contributed by atoms with van der Waals surface area (Å²) in [6, 6.07) is 23.5.